The second-order valence-corrected chi connectivity index (χ2v) is 5.85. The second-order valence-electron chi connectivity index (χ2n) is 4.90. The van der Waals surface area contributed by atoms with Gasteiger partial charge < -0.3 is 4.52 Å². The van der Waals surface area contributed by atoms with E-state index in [2.05, 4.69) is 12.2 Å². The van der Waals surface area contributed by atoms with Gasteiger partial charge in [0.1, 0.15) is 20.1 Å². The topological polar surface area (TPSA) is 35.3 Å². The maximum Gasteiger partial charge on any atom is 0.320 e. The SMILES string of the molecule is C[N+]1(Oc2cc(-c3cccs3)on2)CCCCC1.Cl. The number of hydrogen-bond donors (Lipinski definition) is 0. The molecule has 0 radical (unpaired) electrons. The van der Waals surface area contributed by atoms with Crippen LogP contribution >= 0.6 is 23.7 Å². The van der Waals surface area contributed by atoms with E-state index in [0.29, 0.717) is 10.5 Å². The highest BCUT2D eigenvalue weighted by Crippen LogP contribution is 2.29. The molecule has 0 bridgehead atoms. The number of aromatic nitrogens is 1. The van der Waals surface area contributed by atoms with Gasteiger partial charge in [-0.05, 0) is 23.0 Å². The molecule has 2 aromatic heterocycles. The lowest BCUT2D eigenvalue weighted by molar-refractivity contribution is -1.07. The molecule has 1 fully saturated rings. The van der Waals surface area contributed by atoms with Gasteiger partial charge in [-0.15, -0.1) is 28.4 Å². The molecule has 0 atom stereocenters. The molecular weight excluding hydrogens is 284 g/mol. The highest BCUT2D eigenvalue weighted by Gasteiger charge is 2.29. The molecule has 4 nitrogen and oxygen atoms in total. The summed E-state index contributed by atoms with van der Waals surface area (Å²) in [4.78, 5) is 7.04. The molecule has 1 aliphatic heterocycles. The van der Waals surface area contributed by atoms with Crippen molar-refractivity contribution in [3.63, 3.8) is 0 Å². The molecule has 0 aliphatic carbocycles. The van der Waals surface area contributed by atoms with Crippen molar-refractivity contribution in [2.24, 2.45) is 0 Å². The first kappa shape index (κ1) is 14.4. The van der Waals surface area contributed by atoms with E-state index in [-0.39, 0.29) is 12.4 Å². The molecule has 2 aromatic rings. The fourth-order valence-electron chi connectivity index (χ4n) is 2.34. The summed E-state index contributed by atoms with van der Waals surface area (Å²) in [5.41, 5.74) is 0. The monoisotopic (exact) mass is 301 g/mol. The van der Waals surface area contributed by atoms with Gasteiger partial charge in [-0.2, -0.15) is 0 Å². The second kappa shape index (κ2) is 5.94. The number of likely N-dealkylation sites (tertiary alicyclic amines) is 1. The van der Waals surface area contributed by atoms with Gasteiger partial charge in [-0.25, -0.2) is 0 Å². The number of nitrogens with zero attached hydrogens (tertiary/aromatic N) is 2. The minimum Gasteiger partial charge on any atom is -0.351 e. The van der Waals surface area contributed by atoms with Gasteiger partial charge in [0.2, 0.25) is 0 Å². The highest BCUT2D eigenvalue weighted by molar-refractivity contribution is 7.13. The first-order valence-electron chi connectivity index (χ1n) is 6.30. The van der Waals surface area contributed by atoms with Gasteiger partial charge in [0, 0.05) is 12.8 Å². The highest BCUT2D eigenvalue weighted by atomic mass is 35.5. The van der Waals surface area contributed by atoms with E-state index in [4.69, 9.17) is 9.36 Å². The van der Waals surface area contributed by atoms with Crippen molar-refractivity contribution < 1.29 is 14.0 Å². The minimum absolute atomic E-state index is 0. The van der Waals surface area contributed by atoms with Crippen molar-refractivity contribution in [2.45, 2.75) is 19.3 Å². The summed E-state index contributed by atoms with van der Waals surface area (Å²) in [7, 11) is 2.11. The van der Waals surface area contributed by atoms with Crippen molar-refractivity contribution in [1.82, 2.24) is 5.16 Å². The Labute approximate surface area is 122 Å². The third kappa shape index (κ3) is 3.29. The Morgan fingerprint density at radius 2 is 2.11 bits per heavy atom. The van der Waals surface area contributed by atoms with Crippen LogP contribution in [0.5, 0.6) is 5.88 Å². The molecule has 3 rings (SSSR count). The lowest BCUT2D eigenvalue weighted by Gasteiger charge is -2.33. The van der Waals surface area contributed by atoms with E-state index >= 15 is 0 Å². The van der Waals surface area contributed by atoms with Gasteiger partial charge >= 0.3 is 5.88 Å². The summed E-state index contributed by atoms with van der Waals surface area (Å²) >= 11 is 1.64. The molecule has 19 heavy (non-hydrogen) atoms. The molecule has 0 spiro atoms. The average molecular weight is 302 g/mol. The molecule has 0 unspecified atom stereocenters. The van der Waals surface area contributed by atoms with Crippen molar-refractivity contribution in [3.05, 3.63) is 23.6 Å². The van der Waals surface area contributed by atoms with Gasteiger partial charge in [-0.3, -0.25) is 4.84 Å². The van der Waals surface area contributed by atoms with E-state index < -0.39 is 0 Å². The van der Waals surface area contributed by atoms with Crippen molar-refractivity contribution in [3.8, 4) is 16.5 Å². The number of hydroxylamine groups is 3. The van der Waals surface area contributed by atoms with E-state index in [1.165, 1.54) is 19.3 Å². The lowest BCUT2D eigenvalue weighted by atomic mass is 10.1. The number of hydrogen-bond acceptors (Lipinski definition) is 4. The summed E-state index contributed by atoms with van der Waals surface area (Å²) in [5.74, 6) is 1.37. The van der Waals surface area contributed by atoms with Crippen molar-refractivity contribution >= 4 is 23.7 Å². The first-order chi connectivity index (χ1) is 8.75. The summed E-state index contributed by atoms with van der Waals surface area (Å²) in [6, 6.07) is 5.90. The van der Waals surface area contributed by atoms with Gasteiger partial charge in [0.15, 0.2) is 5.76 Å². The third-order valence-corrected chi connectivity index (χ3v) is 4.21. The van der Waals surface area contributed by atoms with Crippen LogP contribution in [0, 0.1) is 0 Å². The molecule has 3 heterocycles. The van der Waals surface area contributed by atoms with E-state index in [0.717, 1.165) is 23.7 Å². The Bertz CT molecular complexity index is 506. The summed E-state index contributed by atoms with van der Waals surface area (Å²) in [5, 5.41) is 6.03. The fourth-order valence-corrected chi connectivity index (χ4v) is 3.01. The maximum absolute atomic E-state index is 5.96. The standard InChI is InChI=1S/C13H17N2O2S.ClH/c1-15(7-3-2-4-8-15)17-13-10-11(16-14-13)12-6-5-9-18-12;/h5-6,9-10H,2-4,7-8H2,1H3;1H/q+1;. The number of piperidine rings is 1. The molecule has 104 valence electrons. The van der Waals surface area contributed by atoms with Crippen LogP contribution in [-0.4, -0.2) is 29.9 Å². The van der Waals surface area contributed by atoms with Crippen molar-refractivity contribution in [2.75, 3.05) is 20.1 Å². The average Bonchev–Trinajstić information content (AvgIpc) is 2.99. The molecular formula is C13H18ClN2O2S+. The first-order valence-corrected chi connectivity index (χ1v) is 7.18. The summed E-state index contributed by atoms with van der Waals surface area (Å²) < 4.78 is 5.93. The quantitative estimate of drug-likeness (QED) is 0.810. The number of thiophene rings is 1. The number of halogens is 1. The van der Waals surface area contributed by atoms with Crippen LogP contribution < -0.4 is 4.84 Å². The van der Waals surface area contributed by atoms with Crippen LogP contribution in [0.25, 0.3) is 10.6 Å². The summed E-state index contributed by atoms with van der Waals surface area (Å²) in [6.07, 6.45) is 3.73. The van der Waals surface area contributed by atoms with Crippen LogP contribution in [0.1, 0.15) is 19.3 Å². The van der Waals surface area contributed by atoms with Gasteiger partial charge in [-0.1, -0.05) is 6.07 Å². The zero-order valence-corrected chi connectivity index (χ0v) is 12.5. The molecule has 1 saturated heterocycles. The fraction of sp³-hybridized carbons (Fsp3) is 0.462. The molecule has 0 N–H and O–H groups in total. The van der Waals surface area contributed by atoms with Crippen LogP contribution in [0.4, 0.5) is 0 Å². The normalized spacial score (nSPS) is 17.7. The Morgan fingerprint density at radius 1 is 1.32 bits per heavy atom. The van der Waals surface area contributed by atoms with E-state index in [1.54, 1.807) is 11.3 Å². The molecule has 6 heteroatoms. The molecule has 0 amide bonds. The smallest absolute Gasteiger partial charge is 0.320 e. The number of rotatable bonds is 3. The van der Waals surface area contributed by atoms with Crippen LogP contribution in [0.3, 0.4) is 0 Å². The van der Waals surface area contributed by atoms with Gasteiger partial charge in [0.25, 0.3) is 0 Å². The van der Waals surface area contributed by atoms with Crippen LogP contribution in [-0.2, 0) is 0 Å². The predicted octanol–water partition coefficient (Wildman–Crippen LogP) is 3.75. The van der Waals surface area contributed by atoms with Gasteiger partial charge in [0.05, 0.1) is 10.9 Å². The minimum atomic E-state index is 0. The largest absolute Gasteiger partial charge is 0.351 e. The third-order valence-electron chi connectivity index (χ3n) is 3.33. The zero-order chi connectivity index (χ0) is 12.4. The zero-order valence-electron chi connectivity index (χ0n) is 10.9. The Balaban J connectivity index is 0.00000133. The summed E-state index contributed by atoms with van der Waals surface area (Å²) in [6.45, 7) is 2.09. The Kier molecular flexibility index (Phi) is 4.50. The molecule has 0 aromatic carbocycles. The number of quaternary nitrogens is 1. The molecule has 1 aliphatic rings. The van der Waals surface area contributed by atoms with E-state index in [1.807, 2.05) is 23.6 Å². The van der Waals surface area contributed by atoms with Crippen LogP contribution in [0.2, 0.25) is 0 Å². The van der Waals surface area contributed by atoms with E-state index in [9.17, 15) is 0 Å². The molecule has 0 saturated carbocycles. The Morgan fingerprint density at radius 3 is 2.79 bits per heavy atom. The predicted molar refractivity (Wildman–Crippen MR) is 77.5 cm³/mol. The Hall–Kier alpha value is -1.04. The van der Waals surface area contributed by atoms with Crippen LogP contribution in [0.15, 0.2) is 28.1 Å². The maximum atomic E-state index is 5.96. The lowest BCUT2D eigenvalue weighted by Crippen LogP contribution is -2.50. The van der Waals surface area contributed by atoms with Crippen molar-refractivity contribution in [1.29, 1.82) is 0 Å².